The highest BCUT2D eigenvalue weighted by molar-refractivity contribution is 7.89. The van der Waals surface area contributed by atoms with Crippen LogP contribution in [0, 0.1) is 0 Å². The lowest BCUT2D eigenvalue weighted by molar-refractivity contribution is 0.141. The van der Waals surface area contributed by atoms with Crippen molar-refractivity contribution in [3.05, 3.63) is 64.8 Å². The van der Waals surface area contributed by atoms with Crippen LogP contribution >= 0.6 is 11.6 Å². The maximum atomic E-state index is 12.7. The number of rotatable bonds is 9. The molecule has 1 aliphatic rings. The number of halogens is 1. The smallest absolute Gasteiger partial charge is 0.244 e. The average Bonchev–Trinajstić information content (AvgIpc) is 2.85. The predicted molar refractivity (Wildman–Crippen MR) is 138 cm³/mol. The Morgan fingerprint density at radius 3 is 2.71 bits per heavy atom. The van der Waals surface area contributed by atoms with Crippen molar-refractivity contribution >= 4 is 44.8 Å². The summed E-state index contributed by atoms with van der Waals surface area (Å²) in [6.45, 7) is 3.54. The fourth-order valence-corrected chi connectivity index (χ4v) is 5.04. The van der Waals surface area contributed by atoms with Gasteiger partial charge in [0.1, 0.15) is 9.92 Å². The highest BCUT2D eigenvalue weighted by Crippen LogP contribution is 2.30. The Bertz CT molecular complexity index is 1300. The van der Waals surface area contributed by atoms with Gasteiger partial charge in [-0.3, -0.25) is 4.90 Å². The van der Waals surface area contributed by atoms with E-state index in [1.807, 2.05) is 6.07 Å². The van der Waals surface area contributed by atoms with E-state index in [1.54, 1.807) is 25.3 Å². The monoisotopic (exact) mass is 516 g/mol. The molecule has 35 heavy (non-hydrogen) atoms. The standard InChI is InChI=1S/C24H29ClN6O3S/c1-30(2)35(32,33)22-7-5-4-6-21(22)28-23-20(25)15-26-24(29-23)27-19-9-8-18-16-31(12-13-34-3)11-10-17(18)14-19/h4-9,14-15H,10-13,16H2,1-3H3,(H2,26,27,28,29). The predicted octanol–water partition coefficient (Wildman–Crippen LogP) is 3.87. The maximum Gasteiger partial charge on any atom is 0.244 e. The first-order valence-electron chi connectivity index (χ1n) is 11.2. The van der Waals surface area contributed by atoms with Crippen LogP contribution in [0.4, 0.5) is 23.1 Å². The summed E-state index contributed by atoms with van der Waals surface area (Å²) in [4.78, 5) is 11.3. The first kappa shape index (κ1) is 25.3. The molecule has 1 aliphatic heterocycles. The molecule has 0 bridgehead atoms. The van der Waals surface area contributed by atoms with Gasteiger partial charge in [0, 0.05) is 46.5 Å². The van der Waals surface area contributed by atoms with Gasteiger partial charge < -0.3 is 15.4 Å². The number of benzene rings is 2. The van der Waals surface area contributed by atoms with Crippen LogP contribution in [0.2, 0.25) is 5.02 Å². The minimum atomic E-state index is -3.66. The number of aromatic nitrogens is 2. The molecule has 1 aromatic heterocycles. The molecule has 0 radical (unpaired) electrons. The topological polar surface area (TPSA) is 99.7 Å². The highest BCUT2D eigenvalue weighted by Gasteiger charge is 2.22. The summed E-state index contributed by atoms with van der Waals surface area (Å²) in [5, 5.41) is 6.56. The number of hydrogen-bond donors (Lipinski definition) is 2. The number of anilines is 4. The van der Waals surface area contributed by atoms with Crippen LogP contribution in [-0.4, -0.2) is 68.5 Å². The van der Waals surface area contributed by atoms with E-state index in [1.165, 1.54) is 37.5 Å². The van der Waals surface area contributed by atoms with E-state index in [2.05, 4.69) is 37.6 Å². The van der Waals surface area contributed by atoms with Crippen LogP contribution in [-0.2, 0) is 27.7 Å². The van der Waals surface area contributed by atoms with Gasteiger partial charge in [-0.05, 0) is 41.8 Å². The Hall–Kier alpha value is -2.76. The van der Waals surface area contributed by atoms with Gasteiger partial charge in [0.2, 0.25) is 16.0 Å². The molecule has 2 aromatic carbocycles. The van der Waals surface area contributed by atoms with Crippen LogP contribution in [0.1, 0.15) is 11.1 Å². The zero-order valence-electron chi connectivity index (χ0n) is 20.0. The molecule has 2 N–H and O–H groups in total. The molecule has 186 valence electrons. The SMILES string of the molecule is COCCN1CCc2cc(Nc3ncc(Cl)c(Nc4ccccc4S(=O)(=O)N(C)C)n3)ccc2C1. The Kier molecular flexibility index (Phi) is 7.88. The van der Waals surface area contributed by atoms with Crippen molar-refractivity contribution in [2.75, 3.05) is 51.5 Å². The average molecular weight is 517 g/mol. The maximum absolute atomic E-state index is 12.7. The third-order valence-corrected chi connectivity index (χ3v) is 7.96. The molecule has 0 saturated heterocycles. The molecule has 0 unspecified atom stereocenters. The van der Waals surface area contributed by atoms with Crippen molar-refractivity contribution in [1.82, 2.24) is 19.2 Å². The molecule has 4 rings (SSSR count). The molecule has 11 heteroatoms. The summed E-state index contributed by atoms with van der Waals surface area (Å²) >= 11 is 6.33. The molecule has 0 atom stereocenters. The lowest BCUT2D eigenvalue weighted by Crippen LogP contribution is -2.33. The lowest BCUT2D eigenvalue weighted by atomic mass is 9.99. The summed E-state index contributed by atoms with van der Waals surface area (Å²) in [5.41, 5.74) is 3.84. The van der Waals surface area contributed by atoms with E-state index in [4.69, 9.17) is 16.3 Å². The molecular formula is C24H29ClN6O3S. The number of nitrogens with one attached hydrogen (secondary N) is 2. The van der Waals surface area contributed by atoms with E-state index in [-0.39, 0.29) is 9.92 Å². The van der Waals surface area contributed by atoms with Crippen LogP contribution < -0.4 is 10.6 Å². The normalized spacial score (nSPS) is 14.1. The zero-order valence-corrected chi connectivity index (χ0v) is 21.5. The summed E-state index contributed by atoms with van der Waals surface area (Å²) < 4.78 is 31.8. The van der Waals surface area contributed by atoms with E-state index in [0.717, 1.165) is 42.7 Å². The number of fused-ring (bicyclic) bond motifs is 1. The van der Waals surface area contributed by atoms with Crippen LogP contribution in [0.5, 0.6) is 0 Å². The van der Waals surface area contributed by atoms with Crippen LogP contribution in [0.3, 0.4) is 0 Å². The van der Waals surface area contributed by atoms with E-state index in [9.17, 15) is 8.42 Å². The number of methoxy groups -OCH3 is 1. The second-order valence-electron chi connectivity index (χ2n) is 8.43. The van der Waals surface area contributed by atoms with E-state index in [0.29, 0.717) is 17.5 Å². The summed E-state index contributed by atoms with van der Waals surface area (Å²) in [7, 11) is 1.04. The van der Waals surface area contributed by atoms with Gasteiger partial charge >= 0.3 is 0 Å². The quantitative estimate of drug-likeness (QED) is 0.442. The molecule has 9 nitrogen and oxygen atoms in total. The van der Waals surface area contributed by atoms with Crippen molar-refractivity contribution in [2.24, 2.45) is 0 Å². The summed E-state index contributed by atoms with van der Waals surface area (Å²) in [6.07, 6.45) is 2.44. The second kappa shape index (κ2) is 10.9. The van der Waals surface area contributed by atoms with Crippen molar-refractivity contribution in [3.8, 4) is 0 Å². The number of ether oxygens (including phenoxy) is 1. The Morgan fingerprint density at radius 2 is 1.94 bits per heavy atom. The van der Waals surface area contributed by atoms with Gasteiger partial charge in [0.05, 0.1) is 18.5 Å². The number of nitrogens with zero attached hydrogens (tertiary/aromatic N) is 4. The molecule has 3 aromatic rings. The Labute approximate surface area is 211 Å². The van der Waals surface area contributed by atoms with Crippen molar-refractivity contribution in [1.29, 1.82) is 0 Å². The third-order valence-electron chi connectivity index (χ3n) is 5.81. The molecule has 0 spiro atoms. The number of sulfonamides is 1. The summed E-state index contributed by atoms with van der Waals surface area (Å²) in [6, 6.07) is 12.9. The van der Waals surface area contributed by atoms with Crippen LogP contribution in [0.15, 0.2) is 53.6 Å². The number of hydrogen-bond acceptors (Lipinski definition) is 8. The lowest BCUT2D eigenvalue weighted by Gasteiger charge is -2.28. The van der Waals surface area contributed by atoms with Crippen LogP contribution in [0.25, 0.3) is 0 Å². The molecule has 0 fully saturated rings. The van der Waals surface area contributed by atoms with Crippen molar-refractivity contribution < 1.29 is 13.2 Å². The van der Waals surface area contributed by atoms with Gasteiger partial charge in [-0.2, -0.15) is 4.98 Å². The van der Waals surface area contributed by atoms with Crippen molar-refractivity contribution in [2.45, 2.75) is 17.9 Å². The third kappa shape index (κ3) is 5.91. The first-order chi connectivity index (χ1) is 16.8. The van der Waals surface area contributed by atoms with Gasteiger partial charge in [-0.25, -0.2) is 17.7 Å². The minimum Gasteiger partial charge on any atom is -0.383 e. The largest absolute Gasteiger partial charge is 0.383 e. The van der Waals surface area contributed by atoms with Gasteiger partial charge in [-0.15, -0.1) is 0 Å². The highest BCUT2D eigenvalue weighted by atomic mass is 35.5. The summed E-state index contributed by atoms with van der Waals surface area (Å²) in [5.74, 6) is 0.652. The second-order valence-corrected chi connectivity index (χ2v) is 11.0. The fraction of sp³-hybridized carbons (Fsp3) is 0.333. The fourth-order valence-electron chi connectivity index (χ4n) is 3.86. The molecule has 0 saturated carbocycles. The Morgan fingerprint density at radius 1 is 1.14 bits per heavy atom. The Balaban J connectivity index is 1.53. The zero-order chi connectivity index (χ0) is 25.0. The molecule has 0 amide bonds. The van der Waals surface area contributed by atoms with Gasteiger partial charge in [-0.1, -0.05) is 29.8 Å². The molecule has 0 aliphatic carbocycles. The first-order valence-corrected chi connectivity index (χ1v) is 13.0. The number of para-hydroxylation sites is 1. The van der Waals surface area contributed by atoms with Gasteiger partial charge in [0.15, 0.2) is 5.82 Å². The van der Waals surface area contributed by atoms with Gasteiger partial charge in [0.25, 0.3) is 0 Å². The van der Waals surface area contributed by atoms with E-state index < -0.39 is 10.0 Å². The van der Waals surface area contributed by atoms with E-state index >= 15 is 0 Å². The minimum absolute atomic E-state index is 0.128. The van der Waals surface area contributed by atoms with Crippen molar-refractivity contribution in [3.63, 3.8) is 0 Å². The molecule has 2 heterocycles. The molecular weight excluding hydrogens is 488 g/mol.